The van der Waals surface area contributed by atoms with Gasteiger partial charge in [-0.05, 0) is 44.7 Å². The summed E-state index contributed by atoms with van der Waals surface area (Å²) in [5, 5.41) is 5.02. The van der Waals surface area contributed by atoms with Crippen LogP contribution in [0.3, 0.4) is 0 Å². The number of amides is 1. The standard InChI is InChI=1S/C19H23NO3/c1-4-23-17-12-11-16(14-7-5-6-8-15(14)17)20-18(21)19(2,22-3)13-9-10-13/h5-8,11-13H,4,9-10H2,1-3H3,(H,20,21)/t19-/m0/s1. The summed E-state index contributed by atoms with van der Waals surface area (Å²) in [5.41, 5.74) is 0.0256. The zero-order valence-electron chi connectivity index (χ0n) is 13.9. The second-order valence-electron chi connectivity index (χ2n) is 6.13. The highest BCUT2D eigenvalue weighted by atomic mass is 16.5. The molecule has 1 saturated carbocycles. The molecule has 0 bridgehead atoms. The van der Waals surface area contributed by atoms with Crippen LogP contribution in [0.5, 0.6) is 5.75 Å². The summed E-state index contributed by atoms with van der Waals surface area (Å²) in [6.45, 7) is 4.44. The van der Waals surface area contributed by atoms with E-state index in [1.807, 2.05) is 50.2 Å². The van der Waals surface area contributed by atoms with Gasteiger partial charge in [-0.15, -0.1) is 0 Å². The molecule has 0 saturated heterocycles. The number of methoxy groups -OCH3 is 1. The van der Waals surface area contributed by atoms with E-state index in [1.54, 1.807) is 7.11 Å². The number of carbonyl (C=O) groups excluding carboxylic acids is 1. The fourth-order valence-corrected chi connectivity index (χ4v) is 2.99. The Balaban J connectivity index is 1.94. The highest BCUT2D eigenvalue weighted by Gasteiger charge is 2.47. The quantitative estimate of drug-likeness (QED) is 0.877. The van der Waals surface area contributed by atoms with E-state index >= 15 is 0 Å². The Morgan fingerprint density at radius 2 is 1.91 bits per heavy atom. The predicted molar refractivity (Wildman–Crippen MR) is 91.9 cm³/mol. The van der Waals surface area contributed by atoms with Crippen LogP contribution in [0.1, 0.15) is 26.7 Å². The van der Waals surface area contributed by atoms with Crippen molar-refractivity contribution in [1.29, 1.82) is 0 Å². The molecule has 1 aliphatic carbocycles. The zero-order chi connectivity index (χ0) is 16.4. The van der Waals surface area contributed by atoms with Crippen LogP contribution in [-0.2, 0) is 9.53 Å². The number of hydrogen-bond donors (Lipinski definition) is 1. The van der Waals surface area contributed by atoms with Gasteiger partial charge in [0.2, 0.25) is 0 Å². The van der Waals surface area contributed by atoms with E-state index in [2.05, 4.69) is 5.32 Å². The van der Waals surface area contributed by atoms with E-state index in [4.69, 9.17) is 9.47 Å². The Bertz CT molecular complexity index is 724. The number of anilines is 1. The molecule has 0 aromatic heterocycles. The largest absolute Gasteiger partial charge is 0.493 e. The molecule has 0 heterocycles. The molecular weight excluding hydrogens is 290 g/mol. The van der Waals surface area contributed by atoms with Crippen LogP contribution in [0.2, 0.25) is 0 Å². The summed E-state index contributed by atoms with van der Waals surface area (Å²) in [5.74, 6) is 1.05. The third-order valence-corrected chi connectivity index (χ3v) is 4.66. The topological polar surface area (TPSA) is 47.6 Å². The molecule has 23 heavy (non-hydrogen) atoms. The molecule has 0 unspecified atom stereocenters. The molecule has 0 aliphatic heterocycles. The lowest BCUT2D eigenvalue weighted by atomic mass is 9.98. The van der Waals surface area contributed by atoms with Crippen LogP contribution in [0.4, 0.5) is 5.69 Å². The molecule has 1 aliphatic rings. The van der Waals surface area contributed by atoms with Crippen molar-refractivity contribution < 1.29 is 14.3 Å². The van der Waals surface area contributed by atoms with Gasteiger partial charge >= 0.3 is 0 Å². The van der Waals surface area contributed by atoms with E-state index < -0.39 is 5.60 Å². The Labute approximate surface area is 136 Å². The number of nitrogens with one attached hydrogen (secondary N) is 1. The molecule has 2 aromatic carbocycles. The number of rotatable bonds is 6. The Hall–Kier alpha value is -2.07. The second kappa shape index (κ2) is 6.20. The van der Waals surface area contributed by atoms with Crippen molar-refractivity contribution in [3.05, 3.63) is 36.4 Å². The van der Waals surface area contributed by atoms with E-state index in [0.29, 0.717) is 12.5 Å². The molecule has 1 N–H and O–H groups in total. The lowest BCUT2D eigenvalue weighted by molar-refractivity contribution is -0.138. The first-order chi connectivity index (χ1) is 11.1. The minimum atomic E-state index is -0.764. The van der Waals surface area contributed by atoms with Gasteiger partial charge in [-0.3, -0.25) is 4.79 Å². The van der Waals surface area contributed by atoms with Gasteiger partial charge in [0.25, 0.3) is 5.91 Å². The predicted octanol–water partition coefficient (Wildman–Crippen LogP) is 3.99. The van der Waals surface area contributed by atoms with E-state index in [-0.39, 0.29) is 5.91 Å². The zero-order valence-corrected chi connectivity index (χ0v) is 13.9. The highest BCUT2D eigenvalue weighted by molar-refractivity contribution is 6.06. The summed E-state index contributed by atoms with van der Waals surface area (Å²) in [4.78, 5) is 12.7. The SMILES string of the molecule is CCOc1ccc(NC(=O)[C@@](C)(OC)C2CC2)c2ccccc12. The van der Waals surface area contributed by atoms with Crippen molar-refractivity contribution in [3.63, 3.8) is 0 Å². The maximum atomic E-state index is 12.7. The van der Waals surface area contributed by atoms with E-state index in [9.17, 15) is 4.79 Å². The maximum absolute atomic E-state index is 12.7. The first kappa shape index (κ1) is 15.8. The van der Waals surface area contributed by atoms with Gasteiger partial charge in [0, 0.05) is 23.6 Å². The lowest BCUT2D eigenvalue weighted by Gasteiger charge is -2.27. The van der Waals surface area contributed by atoms with Crippen molar-refractivity contribution in [1.82, 2.24) is 0 Å². The molecule has 2 aromatic rings. The third-order valence-electron chi connectivity index (χ3n) is 4.66. The summed E-state index contributed by atoms with van der Waals surface area (Å²) in [6.07, 6.45) is 2.09. The Kier molecular flexibility index (Phi) is 4.26. The maximum Gasteiger partial charge on any atom is 0.256 e. The van der Waals surface area contributed by atoms with E-state index in [1.165, 1.54) is 0 Å². The number of benzene rings is 2. The van der Waals surface area contributed by atoms with Crippen molar-refractivity contribution >= 4 is 22.4 Å². The first-order valence-electron chi connectivity index (χ1n) is 8.11. The number of carbonyl (C=O) groups is 1. The third kappa shape index (κ3) is 2.91. The van der Waals surface area contributed by atoms with E-state index in [0.717, 1.165) is 35.1 Å². The molecule has 0 radical (unpaired) electrons. The minimum absolute atomic E-state index is 0.0863. The van der Waals surface area contributed by atoms with Gasteiger partial charge in [-0.25, -0.2) is 0 Å². The highest BCUT2D eigenvalue weighted by Crippen LogP contribution is 2.42. The summed E-state index contributed by atoms with van der Waals surface area (Å²) < 4.78 is 11.2. The monoisotopic (exact) mass is 313 g/mol. The summed E-state index contributed by atoms with van der Waals surface area (Å²) >= 11 is 0. The molecule has 122 valence electrons. The molecule has 1 atom stereocenters. The van der Waals surface area contributed by atoms with Crippen molar-refractivity contribution in [3.8, 4) is 5.75 Å². The Morgan fingerprint density at radius 3 is 2.52 bits per heavy atom. The summed E-state index contributed by atoms with van der Waals surface area (Å²) in [6, 6.07) is 11.7. The van der Waals surface area contributed by atoms with Crippen molar-refractivity contribution in [2.75, 3.05) is 19.0 Å². The van der Waals surface area contributed by atoms with Crippen LogP contribution in [-0.4, -0.2) is 25.2 Å². The van der Waals surface area contributed by atoms with Crippen LogP contribution in [0, 0.1) is 5.92 Å². The van der Waals surface area contributed by atoms with Crippen molar-refractivity contribution in [2.45, 2.75) is 32.3 Å². The van der Waals surface area contributed by atoms with Crippen LogP contribution in [0.25, 0.3) is 10.8 Å². The van der Waals surface area contributed by atoms with Gasteiger partial charge < -0.3 is 14.8 Å². The molecule has 4 nitrogen and oxygen atoms in total. The fourth-order valence-electron chi connectivity index (χ4n) is 2.99. The van der Waals surface area contributed by atoms with Gasteiger partial charge in [-0.2, -0.15) is 0 Å². The van der Waals surface area contributed by atoms with Gasteiger partial charge in [0.15, 0.2) is 0 Å². The lowest BCUT2D eigenvalue weighted by Crippen LogP contribution is -2.44. The molecule has 4 heteroatoms. The fraction of sp³-hybridized carbons (Fsp3) is 0.421. The average Bonchev–Trinajstić information content (AvgIpc) is 3.41. The first-order valence-corrected chi connectivity index (χ1v) is 8.11. The second-order valence-corrected chi connectivity index (χ2v) is 6.13. The summed E-state index contributed by atoms with van der Waals surface area (Å²) in [7, 11) is 1.61. The molecule has 0 spiro atoms. The van der Waals surface area contributed by atoms with Gasteiger partial charge in [-0.1, -0.05) is 24.3 Å². The molecular formula is C19H23NO3. The molecule has 1 fully saturated rings. The van der Waals surface area contributed by atoms with Crippen LogP contribution >= 0.6 is 0 Å². The number of fused-ring (bicyclic) bond motifs is 1. The normalized spacial score (nSPS) is 16.8. The molecule has 1 amide bonds. The average molecular weight is 313 g/mol. The number of hydrogen-bond acceptors (Lipinski definition) is 3. The van der Waals surface area contributed by atoms with Crippen LogP contribution in [0.15, 0.2) is 36.4 Å². The van der Waals surface area contributed by atoms with Gasteiger partial charge in [0.1, 0.15) is 11.4 Å². The minimum Gasteiger partial charge on any atom is -0.493 e. The number of ether oxygens (including phenoxy) is 2. The Morgan fingerprint density at radius 1 is 1.22 bits per heavy atom. The van der Waals surface area contributed by atoms with Gasteiger partial charge in [0.05, 0.1) is 6.61 Å². The smallest absolute Gasteiger partial charge is 0.256 e. The van der Waals surface area contributed by atoms with Crippen LogP contribution < -0.4 is 10.1 Å². The van der Waals surface area contributed by atoms with Crippen molar-refractivity contribution in [2.24, 2.45) is 5.92 Å². The molecule has 3 rings (SSSR count).